The molecule has 0 aliphatic heterocycles. The first-order valence-corrected chi connectivity index (χ1v) is 7.49. The molecule has 0 saturated heterocycles. The molecule has 1 aromatic carbocycles. The van der Waals surface area contributed by atoms with E-state index < -0.39 is 0 Å². The Morgan fingerprint density at radius 1 is 1.25 bits per heavy atom. The molecule has 0 spiro atoms. The van der Waals surface area contributed by atoms with Gasteiger partial charge in [-0.15, -0.1) is 0 Å². The molecule has 2 aromatic rings. The van der Waals surface area contributed by atoms with Crippen molar-refractivity contribution in [1.29, 1.82) is 0 Å². The van der Waals surface area contributed by atoms with Crippen LogP contribution in [0, 0.1) is 6.92 Å². The van der Waals surface area contributed by atoms with Gasteiger partial charge in [-0.3, -0.25) is 4.68 Å². The zero-order valence-electron chi connectivity index (χ0n) is 11.7. The molecule has 0 radical (unpaired) electrons. The molecule has 0 aliphatic rings. The lowest BCUT2D eigenvalue weighted by Crippen LogP contribution is -2.17. The zero-order chi connectivity index (χ0) is 14.7. The Hall–Kier alpha value is -1.03. The maximum Gasteiger partial charge on any atom is 0.0847 e. The van der Waals surface area contributed by atoms with Crippen molar-refractivity contribution in [3.8, 4) is 0 Å². The molecule has 1 atom stereocenters. The highest BCUT2D eigenvalue weighted by Crippen LogP contribution is 2.27. The van der Waals surface area contributed by atoms with Crippen molar-refractivity contribution in [1.82, 2.24) is 9.78 Å². The Bertz CT molecular complexity index is 576. The summed E-state index contributed by atoms with van der Waals surface area (Å²) in [4.78, 5) is 0. The Morgan fingerprint density at radius 3 is 2.45 bits per heavy atom. The summed E-state index contributed by atoms with van der Waals surface area (Å²) in [7, 11) is 0. The minimum Gasteiger partial charge on any atom is -0.330 e. The van der Waals surface area contributed by atoms with Crippen LogP contribution in [0.5, 0.6) is 0 Å². The van der Waals surface area contributed by atoms with Crippen LogP contribution in [0.15, 0.2) is 24.3 Å². The minimum absolute atomic E-state index is 0.214. The summed E-state index contributed by atoms with van der Waals surface area (Å²) in [5, 5.41) is 5.93. The molecule has 108 valence electrons. The Balaban J connectivity index is 2.28. The summed E-state index contributed by atoms with van der Waals surface area (Å²) < 4.78 is 1.95. The first-order valence-electron chi connectivity index (χ1n) is 6.74. The minimum atomic E-state index is 0.214. The van der Waals surface area contributed by atoms with Crippen LogP contribution >= 0.6 is 23.2 Å². The summed E-state index contributed by atoms with van der Waals surface area (Å²) in [6.07, 6.45) is 0.783. The molecular formula is C15H19Cl2N3. The molecule has 2 N–H and O–H groups in total. The van der Waals surface area contributed by atoms with E-state index in [0.717, 1.165) is 34.4 Å². The van der Waals surface area contributed by atoms with Crippen LogP contribution in [0.25, 0.3) is 0 Å². The maximum absolute atomic E-state index is 6.36. The van der Waals surface area contributed by atoms with Crippen LogP contribution in [-0.4, -0.2) is 16.3 Å². The van der Waals surface area contributed by atoms with Gasteiger partial charge in [-0.2, -0.15) is 5.10 Å². The molecule has 2 rings (SSSR count). The van der Waals surface area contributed by atoms with Gasteiger partial charge >= 0.3 is 0 Å². The summed E-state index contributed by atoms with van der Waals surface area (Å²) in [6, 6.07) is 7.83. The monoisotopic (exact) mass is 311 g/mol. The van der Waals surface area contributed by atoms with Crippen molar-refractivity contribution in [3.05, 3.63) is 51.3 Å². The molecule has 1 unspecified atom stereocenters. The largest absolute Gasteiger partial charge is 0.330 e. The SMILES string of the molecule is CCn1nc(C)c(Cl)c1CC(CN)c1ccc(Cl)cc1. The topological polar surface area (TPSA) is 43.8 Å². The first-order chi connectivity index (χ1) is 9.56. The molecule has 1 heterocycles. The fraction of sp³-hybridized carbons (Fsp3) is 0.400. The number of nitrogens with two attached hydrogens (primary N) is 1. The molecule has 0 bridgehead atoms. The second kappa shape index (κ2) is 6.61. The number of aryl methyl sites for hydroxylation is 2. The van der Waals surface area contributed by atoms with Gasteiger partial charge in [0.1, 0.15) is 0 Å². The van der Waals surface area contributed by atoms with E-state index >= 15 is 0 Å². The maximum atomic E-state index is 6.36. The van der Waals surface area contributed by atoms with Crippen molar-refractivity contribution < 1.29 is 0 Å². The summed E-state index contributed by atoms with van der Waals surface area (Å²) >= 11 is 12.3. The van der Waals surface area contributed by atoms with Gasteiger partial charge in [0.15, 0.2) is 0 Å². The van der Waals surface area contributed by atoms with Gasteiger partial charge in [0.25, 0.3) is 0 Å². The molecule has 20 heavy (non-hydrogen) atoms. The van der Waals surface area contributed by atoms with Gasteiger partial charge in [0, 0.05) is 17.5 Å². The fourth-order valence-electron chi connectivity index (χ4n) is 2.37. The lowest BCUT2D eigenvalue weighted by Gasteiger charge is -2.16. The first kappa shape index (κ1) is 15.4. The normalized spacial score (nSPS) is 12.7. The van der Waals surface area contributed by atoms with E-state index in [0.29, 0.717) is 6.54 Å². The van der Waals surface area contributed by atoms with Gasteiger partial charge in [0.2, 0.25) is 0 Å². The van der Waals surface area contributed by atoms with E-state index in [2.05, 4.69) is 12.0 Å². The Morgan fingerprint density at radius 2 is 1.90 bits per heavy atom. The van der Waals surface area contributed by atoms with Crippen molar-refractivity contribution >= 4 is 23.2 Å². The molecule has 3 nitrogen and oxygen atoms in total. The van der Waals surface area contributed by atoms with Gasteiger partial charge in [-0.05, 0) is 44.5 Å². The van der Waals surface area contributed by atoms with E-state index in [4.69, 9.17) is 28.9 Å². The van der Waals surface area contributed by atoms with Crippen molar-refractivity contribution in [2.75, 3.05) is 6.54 Å². The van der Waals surface area contributed by atoms with Crippen LogP contribution < -0.4 is 5.73 Å². The highest BCUT2D eigenvalue weighted by molar-refractivity contribution is 6.31. The van der Waals surface area contributed by atoms with E-state index in [9.17, 15) is 0 Å². The molecule has 0 amide bonds. The number of hydrogen-bond acceptors (Lipinski definition) is 2. The second-order valence-electron chi connectivity index (χ2n) is 4.85. The van der Waals surface area contributed by atoms with Crippen LogP contribution in [0.2, 0.25) is 10.0 Å². The third-order valence-electron chi connectivity index (χ3n) is 3.52. The van der Waals surface area contributed by atoms with Gasteiger partial charge in [0.05, 0.1) is 16.4 Å². The lowest BCUT2D eigenvalue weighted by atomic mass is 9.94. The predicted octanol–water partition coefficient (Wildman–Crippen LogP) is 3.80. The lowest BCUT2D eigenvalue weighted by molar-refractivity contribution is 0.583. The molecule has 0 aliphatic carbocycles. The van der Waals surface area contributed by atoms with E-state index in [1.165, 1.54) is 5.56 Å². The third-order valence-corrected chi connectivity index (χ3v) is 4.26. The van der Waals surface area contributed by atoms with Crippen LogP contribution in [0.3, 0.4) is 0 Å². The number of nitrogens with zero attached hydrogens (tertiary/aromatic N) is 2. The quantitative estimate of drug-likeness (QED) is 0.912. The Labute approximate surface area is 129 Å². The van der Waals surface area contributed by atoms with E-state index in [-0.39, 0.29) is 5.92 Å². The van der Waals surface area contributed by atoms with E-state index in [1.807, 2.05) is 35.9 Å². The number of halogens is 2. The van der Waals surface area contributed by atoms with Gasteiger partial charge in [-0.1, -0.05) is 35.3 Å². The van der Waals surface area contributed by atoms with Crippen molar-refractivity contribution in [2.24, 2.45) is 5.73 Å². The highest BCUT2D eigenvalue weighted by Gasteiger charge is 2.18. The van der Waals surface area contributed by atoms with Crippen molar-refractivity contribution in [3.63, 3.8) is 0 Å². The fourth-order valence-corrected chi connectivity index (χ4v) is 2.71. The average molecular weight is 312 g/mol. The summed E-state index contributed by atoms with van der Waals surface area (Å²) in [5.41, 5.74) is 9.03. The van der Waals surface area contributed by atoms with Crippen LogP contribution in [0.4, 0.5) is 0 Å². The number of hydrogen-bond donors (Lipinski definition) is 1. The number of aromatic nitrogens is 2. The standard InChI is InChI=1S/C15H19Cl2N3/c1-3-20-14(15(17)10(2)19-20)8-12(9-18)11-4-6-13(16)7-5-11/h4-7,12H,3,8-9,18H2,1-2H3. The molecule has 0 saturated carbocycles. The third kappa shape index (κ3) is 3.17. The van der Waals surface area contributed by atoms with Crippen LogP contribution in [-0.2, 0) is 13.0 Å². The highest BCUT2D eigenvalue weighted by atomic mass is 35.5. The summed E-state index contributed by atoms with van der Waals surface area (Å²) in [6.45, 7) is 5.36. The summed E-state index contributed by atoms with van der Waals surface area (Å²) in [5.74, 6) is 0.214. The predicted molar refractivity (Wildman–Crippen MR) is 84.6 cm³/mol. The molecule has 5 heteroatoms. The average Bonchev–Trinajstić information content (AvgIpc) is 2.73. The molecule has 1 aromatic heterocycles. The van der Waals surface area contributed by atoms with Gasteiger partial charge < -0.3 is 5.73 Å². The van der Waals surface area contributed by atoms with Gasteiger partial charge in [-0.25, -0.2) is 0 Å². The molecule has 0 fully saturated rings. The van der Waals surface area contributed by atoms with Crippen LogP contribution in [0.1, 0.15) is 29.8 Å². The number of rotatable bonds is 5. The second-order valence-corrected chi connectivity index (χ2v) is 5.66. The number of benzene rings is 1. The molecular weight excluding hydrogens is 293 g/mol. The van der Waals surface area contributed by atoms with E-state index in [1.54, 1.807) is 0 Å². The Kier molecular flexibility index (Phi) is 5.08. The van der Waals surface area contributed by atoms with Crippen molar-refractivity contribution in [2.45, 2.75) is 32.7 Å². The smallest absolute Gasteiger partial charge is 0.0847 e. The zero-order valence-corrected chi connectivity index (χ0v) is 13.2.